The molecule has 0 radical (unpaired) electrons. The lowest BCUT2D eigenvalue weighted by Gasteiger charge is -2.47. The summed E-state index contributed by atoms with van der Waals surface area (Å²) in [6, 6.07) is 0. The molecule has 1 aliphatic heterocycles. The number of hydrogen-bond acceptors (Lipinski definition) is 3. The summed E-state index contributed by atoms with van der Waals surface area (Å²) in [5.74, 6) is 0. The SMILES string of the molecule is CC1(C)CN(CC(N)=S)CC(C)(C)O1. The smallest absolute Gasteiger partial charge is 0.0870 e. The van der Waals surface area contributed by atoms with Crippen LogP contribution in [0.15, 0.2) is 0 Å². The normalized spacial score (nSPS) is 26.0. The summed E-state index contributed by atoms with van der Waals surface area (Å²) in [6.45, 7) is 10.8. The molecule has 0 amide bonds. The van der Waals surface area contributed by atoms with E-state index in [2.05, 4.69) is 32.6 Å². The Morgan fingerprint density at radius 1 is 1.29 bits per heavy atom. The Labute approximate surface area is 91.6 Å². The van der Waals surface area contributed by atoms with Crippen LogP contribution in [0, 0.1) is 0 Å². The molecule has 82 valence electrons. The van der Waals surface area contributed by atoms with E-state index in [4.69, 9.17) is 22.7 Å². The molecule has 4 heteroatoms. The maximum absolute atomic E-state index is 5.95. The molecule has 1 heterocycles. The van der Waals surface area contributed by atoms with Gasteiger partial charge in [0.15, 0.2) is 0 Å². The predicted molar refractivity (Wildman–Crippen MR) is 62.5 cm³/mol. The van der Waals surface area contributed by atoms with Gasteiger partial charge >= 0.3 is 0 Å². The number of nitrogens with two attached hydrogens (primary N) is 1. The highest BCUT2D eigenvalue weighted by molar-refractivity contribution is 7.80. The fourth-order valence-corrected chi connectivity index (χ4v) is 2.46. The van der Waals surface area contributed by atoms with Crippen LogP contribution in [0.1, 0.15) is 27.7 Å². The minimum atomic E-state index is -0.119. The quantitative estimate of drug-likeness (QED) is 0.703. The van der Waals surface area contributed by atoms with Crippen LogP contribution in [0.2, 0.25) is 0 Å². The zero-order valence-electron chi connectivity index (χ0n) is 9.46. The van der Waals surface area contributed by atoms with Crippen LogP contribution in [0.5, 0.6) is 0 Å². The summed E-state index contributed by atoms with van der Waals surface area (Å²) in [5.41, 5.74) is 5.31. The molecule has 0 aromatic rings. The van der Waals surface area contributed by atoms with Crippen molar-refractivity contribution < 1.29 is 4.74 Å². The summed E-state index contributed by atoms with van der Waals surface area (Å²) in [4.78, 5) is 2.81. The van der Waals surface area contributed by atoms with E-state index in [0.717, 1.165) is 13.1 Å². The first-order valence-corrected chi connectivity index (χ1v) is 5.32. The van der Waals surface area contributed by atoms with Gasteiger partial charge in [-0.25, -0.2) is 0 Å². The number of nitrogens with zero attached hydrogens (tertiary/aromatic N) is 1. The average molecular weight is 216 g/mol. The third kappa shape index (κ3) is 3.52. The number of hydrogen-bond donors (Lipinski definition) is 1. The second-order valence-corrected chi connectivity index (χ2v) is 5.76. The lowest BCUT2D eigenvalue weighted by molar-refractivity contribution is -0.177. The molecule has 1 saturated heterocycles. The Balaban J connectivity index is 2.66. The highest BCUT2D eigenvalue weighted by Crippen LogP contribution is 2.27. The van der Waals surface area contributed by atoms with Gasteiger partial charge in [0.2, 0.25) is 0 Å². The van der Waals surface area contributed by atoms with E-state index < -0.39 is 0 Å². The number of rotatable bonds is 2. The van der Waals surface area contributed by atoms with Crippen molar-refractivity contribution in [2.75, 3.05) is 19.6 Å². The van der Waals surface area contributed by atoms with E-state index in [9.17, 15) is 0 Å². The first-order chi connectivity index (χ1) is 6.20. The van der Waals surface area contributed by atoms with E-state index in [-0.39, 0.29) is 11.2 Å². The third-order valence-electron chi connectivity index (χ3n) is 2.14. The van der Waals surface area contributed by atoms with Crippen LogP contribution in [0.4, 0.5) is 0 Å². The number of morpholine rings is 1. The zero-order chi connectivity index (χ0) is 11.0. The lowest BCUT2D eigenvalue weighted by atomic mass is 9.99. The monoisotopic (exact) mass is 216 g/mol. The largest absolute Gasteiger partial charge is 0.392 e. The van der Waals surface area contributed by atoms with Gasteiger partial charge in [-0.15, -0.1) is 0 Å². The second kappa shape index (κ2) is 3.76. The maximum atomic E-state index is 5.95. The molecule has 1 aliphatic rings. The van der Waals surface area contributed by atoms with Crippen molar-refractivity contribution in [3.05, 3.63) is 0 Å². The van der Waals surface area contributed by atoms with Crippen molar-refractivity contribution in [3.8, 4) is 0 Å². The van der Waals surface area contributed by atoms with Crippen molar-refractivity contribution in [2.45, 2.75) is 38.9 Å². The van der Waals surface area contributed by atoms with Gasteiger partial charge in [-0.1, -0.05) is 12.2 Å². The standard InChI is InChI=1S/C10H20N2OS/c1-9(2)6-12(5-8(11)14)7-10(3,4)13-9/h5-7H2,1-4H3,(H2,11,14). The second-order valence-electron chi connectivity index (χ2n) is 5.23. The molecule has 0 aromatic carbocycles. The van der Waals surface area contributed by atoms with E-state index in [1.807, 2.05) is 0 Å². The number of ether oxygens (including phenoxy) is 1. The van der Waals surface area contributed by atoms with Crippen LogP contribution in [-0.4, -0.2) is 40.7 Å². The molecule has 0 spiro atoms. The van der Waals surface area contributed by atoms with E-state index in [0.29, 0.717) is 11.5 Å². The highest BCUT2D eigenvalue weighted by Gasteiger charge is 2.37. The summed E-state index contributed by atoms with van der Waals surface area (Å²) in [5, 5.41) is 0. The van der Waals surface area contributed by atoms with Crippen molar-refractivity contribution >= 4 is 17.2 Å². The van der Waals surface area contributed by atoms with Crippen LogP contribution in [-0.2, 0) is 4.74 Å². The predicted octanol–water partition coefficient (Wildman–Crippen LogP) is 1.16. The summed E-state index contributed by atoms with van der Waals surface area (Å²) < 4.78 is 5.95. The lowest BCUT2D eigenvalue weighted by Crippen LogP contribution is -2.58. The van der Waals surface area contributed by atoms with Crippen molar-refractivity contribution in [1.82, 2.24) is 4.90 Å². The molecule has 1 fully saturated rings. The van der Waals surface area contributed by atoms with Gasteiger partial charge in [-0.2, -0.15) is 0 Å². The van der Waals surface area contributed by atoms with Gasteiger partial charge in [0.1, 0.15) is 0 Å². The van der Waals surface area contributed by atoms with Gasteiger partial charge in [0, 0.05) is 19.6 Å². The molecule has 0 aromatic heterocycles. The molecule has 0 saturated carbocycles. The first kappa shape index (κ1) is 11.9. The van der Waals surface area contributed by atoms with Crippen molar-refractivity contribution in [1.29, 1.82) is 0 Å². The molecule has 0 aliphatic carbocycles. The van der Waals surface area contributed by atoms with Gasteiger partial charge < -0.3 is 10.5 Å². The topological polar surface area (TPSA) is 38.5 Å². The summed E-state index contributed by atoms with van der Waals surface area (Å²) in [6.07, 6.45) is 0. The van der Waals surface area contributed by atoms with Crippen LogP contribution in [0.3, 0.4) is 0 Å². The van der Waals surface area contributed by atoms with Gasteiger partial charge in [-0.05, 0) is 27.7 Å². The molecule has 0 bridgehead atoms. The summed E-state index contributed by atoms with van der Waals surface area (Å²) in [7, 11) is 0. The van der Waals surface area contributed by atoms with E-state index in [1.54, 1.807) is 0 Å². The highest BCUT2D eigenvalue weighted by atomic mass is 32.1. The van der Waals surface area contributed by atoms with Gasteiger partial charge in [0.05, 0.1) is 16.2 Å². The Morgan fingerprint density at radius 2 is 1.71 bits per heavy atom. The van der Waals surface area contributed by atoms with Gasteiger partial charge in [0.25, 0.3) is 0 Å². The van der Waals surface area contributed by atoms with E-state index in [1.165, 1.54) is 0 Å². The number of thiocarbonyl (C=S) groups is 1. The average Bonchev–Trinajstić information content (AvgIpc) is 1.74. The fourth-order valence-electron chi connectivity index (χ4n) is 2.28. The molecule has 0 atom stereocenters. The zero-order valence-corrected chi connectivity index (χ0v) is 10.3. The summed E-state index contributed by atoms with van der Waals surface area (Å²) >= 11 is 4.92. The molecule has 14 heavy (non-hydrogen) atoms. The molecule has 0 unspecified atom stereocenters. The van der Waals surface area contributed by atoms with Crippen LogP contribution in [0.25, 0.3) is 0 Å². The maximum Gasteiger partial charge on any atom is 0.0870 e. The molecule has 3 nitrogen and oxygen atoms in total. The first-order valence-electron chi connectivity index (χ1n) is 4.91. The van der Waals surface area contributed by atoms with Gasteiger partial charge in [-0.3, -0.25) is 4.90 Å². The van der Waals surface area contributed by atoms with Crippen molar-refractivity contribution in [2.24, 2.45) is 5.73 Å². The Hall–Kier alpha value is -0.190. The minimum absolute atomic E-state index is 0.119. The molecular formula is C10H20N2OS. The Morgan fingerprint density at radius 3 is 2.07 bits per heavy atom. The molecule has 1 rings (SSSR count). The third-order valence-corrected chi connectivity index (χ3v) is 2.27. The fraction of sp³-hybridized carbons (Fsp3) is 0.900. The van der Waals surface area contributed by atoms with E-state index >= 15 is 0 Å². The molecule has 2 N–H and O–H groups in total. The minimum Gasteiger partial charge on any atom is -0.392 e. The van der Waals surface area contributed by atoms with Crippen LogP contribution >= 0.6 is 12.2 Å². The van der Waals surface area contributed by atoms with Crippen LogP contribution < -0.4 is 5.73 Å². The van der Waals surface area contributed by atoms with Crippen molar-refractivity contribution in [3.63, 3.8) is 0 Å². The Bertz CT molecular complexity index is 222. The Kier molecular flexibility index (Phi) is 3.19. The molecular weight excluding hydrogens is 196 g/mol.